The number of sulfone groups is 2. The van der Waals surface area contributed by atoms with Crippen LogP contribution in [0.2, 0.25) is 0 Å². The van der Waals surface area contributed by atoms with Gasteiger partial charge in [-0.2, -0.15) is 0 Å². The highest BCUT2D eigenvalue weighted by Gasteiger charge is 2.72. The van der Waals surface area contributed by atoms with E-state index in [0.29, 0.717) is 17.0 Å². The Morgan fingerprint density at radius 3 is 1.30 bits per heavy atom. The van der Waals surface area contributed by atoms with Crippen molar-refractivity contribution in [3.05, 3.63) is 224 Å². The minimum absolute atomic E-state index is 0.0227. The van der Waals surface area contributed by atoms with Crippen LogP contribution in [0.15, 0.2) is 174 Å². The van der Waals surface area contributed by atoms with Crippen molar-refractivity contribution >= 4 is 55.6 Å². The van der Waals surface area contributed by atoms with Crippen molar-refractivity contribution in [1.82, 2.24) is 19.8 Å². The molecule has 18 nitrogen and oxygen atoms in total. The molecule has 2 N–H and O–H groups in total. The third-order valence-electron chi connectivity index (χ3n) is 14.1. The summed E-state index contributed by atoms with van der Waals surface area (Å²) >= 11 is 0. The molecule has 6 aromatic rings. The number of amides is 2. The van der Waals surface area contributed by atoms with Gasteiger partial charge < -0.3 is 25.0 Å². The highest BCUT2D eigenvalue weighted by molar-refractivity contribution is 7.94. The fourth-order valence-electron chi connectivity index (χ4n) is 9.98. The first-order chi connectivity index (χ1) is 36.3. The molecule has 4 aromatic carbocycles. The Bertz CT molecular complexity index is 3500. The van der Waals surface area contributed by atoms with E-state index in [1.165, 1.54) is 46.0 Å². The Balaban J connectivity index is 0.000000186. The second-order valence-electron chi connectivity index (χ2n) is 19.5. The number of nitrogens with zero attached hydrogens (tertiary/aromatic N) is 7. The van der Waals surface area contributed by atoms with Crippen LogP contribution >= 0.6 is 0 Å². The molecule has 0 spiro atoms. The molecule has 6 heterocycles. The number of benzene rings is 4. The van der Waals surface area contributed by atoms with Gasteiger partial charge in [0.1, 0.15) is 9.49 Å². The van der Waals surface area contributed by atoms with E-state index in [1.54, 1.807) is 30.5 Å². The van der Waals surface area contributed by atoms with Crippen LogP contribution in [0.25, 0.3) is 22.6 Å². The van der Waals surface area contributed by atoms with Crippen molar-refractivity contribution < 1.29 is 45.5 Å². The number of carbonyl (C=O) groups excluding carboxylic acids is 4. The molecule has 0 aliphatic carbocycles. The zero-order valence-electron chi connectivity index (χ0n) is 41.7. The quantitative estimate of drug-likeness (QED) is 0.0296. The van der Waals surface area contributed by atoms with Crippen molar-refractivity contribution in [3.63, 3.8) is 0 Å². The van der Waals surface area contributed by atoms with Gasteiger partial charge in [0.15, 0.2) is 54.7 Å². The summed E-state index contributed by atoms with van der Waals surface area (Å²) in [4.78, 5) is 67.3. The summed E-state index contributed by atoms with van der Waals surface area (Å²) < 4.78 is 63.3. The van der Waals surface area contributed by atoms with Gasteiger partial charge in [-0.25, -0.2) is 26.4 Å². The van der Waals surface area contributed by atoms with Crippen LogP contribution in [0.4, 0.5) is 0 Å². The van der Waals surface area contributed by atoms with Gasteiger partial charge in [-0.15, -0.1) is 0 Å². The molecule has 10 rings (SSSR count). The predicted octanol–water partition coefficient (Wildman–Crippen LogP) is 7.35. The van der Waals surface area contributed by atoms with Crippen LogP contribution in [0.3, 0.4) is 0 Å². The van der Waals surface area contributed by atoms with Gasteiger partial charge in [-0.05, 0) is 103 Å². The second-order valence-corrected chi connectivity index (χ2v) is 24.7. The lowest BCUT2D eigenvalue weighted by molar-refractivity contribution is -0.160. The smallest absolute Gasteiger partial charge is 0.331 e. The molecular formula is C56H52N8O10S2. The molecule has 2 aromatic heterocycles. The number of nitrogens with two attached hydrogens (primary N) is 1. The summed E-state index contributed by atoms with van der Waals surface area (Å²) in [5, 5.41) is 0.966. The third kappa shape index (κ3) is 9.33. The van der Waals surface area contributed by atoms with E-state index in [-0.39, 0.29) is 24.2 Å². The summed E-state index contributed by atoms with van der Waals surface area (Å²) in [5.74, 6) is -2.68. The van der Waals surface area contributed by atoms with E-state index in [9.17, 15) is 36.0 Å². The maximum absolute atomic E-state index is 13.7. The van der Waals surface area contributed by atoms with Crippen molar-refractivity contribution in [2.75, 3.05) is 0 Å². The highest BCUT2D eigenvalue weighted by Crippen LogP contribution is 2.51. The largest absolute Gasteiger partial charge is 0.451 e. The molecular weight excluding hydrogens is 1010 g/mol. The van der Waals surface area contributed by atoms with Crippen molar-refractivity contribution in [1.29, 1.82) is 0 Å². The summed E-state index contributed by atoms with van der Waals surface area (Å²) in [7, 11) is -7.97. The second kappa shape index (κ2) is 20.8. The lowest BCUT2D eigenvalue weighted by Crippen LogP contribution is -2.59. The SMILES string of the molecule is CC1(C)[C@H](C(=O)OC(c2ccccc2)c2ccccc2)N2C(=O)/C(=C/c3cc(CN)ccn3)[C@H]2S1(=O)=O.CC1(C)[C@H](C(=O)OC(c2ccccc2)c2ccccc2)N2C(=O)/C(=C/c3cc(CN=[N+]=[N-])ccn3)[C@H]2S1(=O)=O. The number of rotatable bonds is 13. The lowest BCUT2D eigenvalue weighted by atomic mass is 9.94. The van der Waals surface area contributed by atoms with E-state index >= 15 is 0 Å². The molecule has 20 heteroatoms. The normalized spacial score (nSPS) is 22.1. The first-order valence-electron chi connectivity index (χ1n) is 24.1. The number of azide groups is 1. The number of hydrogen-bond donors (Lipinski definition) is 1. The van der Waals surface area contributed by atoms with Crippen LogP contribution in [0.1, 0.15) is 84.7 Å². The van der Waals surface area contributed by atoms with Crippen molar-refractivity contribution in [2.24, 2.45) is 10.8 Å². The molecule has 4 aliphatic heterocycles. The van der Waals surface area contributed by atoms with Crippen LogP contribution in [-0.2, 0) is 61.4 Å². The Morgan fingerprint density at radius 1 is 0.618 bits per heavy atom. The Hall–Kier alpha value is -8.29. The zero-order chi connectivity index (χ0) is 54.2. The minimum Gasteiger partial charge on any atom is -0.451 e. The average molecular weight is 1060 g/mol. The number of β-lactam (4-membered cyclic amide) rings is 2. The summed E-state index contributed by atoms with van der Waals surface area (Å²) in [6.07, 6.45) is 4.35. The fourth-order valence-corrected chi connectivity index (χ4v) is 14.2. The van der Waals surface area contributed by atoms with Crippen LogP contribution in [-0.4, -0.2) is 92.7 Å². The highest BCUT2D eigenvalue weighted by atomic mass is 32.2. The number of esters is 2. The van der Waals surface area contributed by atoms with E-state index < -0.39 is 88.0 Å². The first kappa shape index (κ1) is 52.6. The summed E-state index contributed by atoms with van der Waals surface area (Å²) in [6, 6.07) is 40.8. The topological polar surface area (TPSA) is 262 Å². The average Bonchev–Trinajstić information content (AvgIpc) is 3.79. The number of ether oxygens (including phenoxy) is 2. The molecule has 4 fully saturated rings. The van der Waals surface area contributed by atoms with Crippen molar-refractivity contribution in [2.45, 2.75) is 85.3 Å². The number of aromatic nitrogens is 2. The van der Waals surface area contributed by atoms with Crippen LogP contribution in [0.5, 0.6) is 0 Å². The maximum Gasteiger partial charge on any atom is 0.331 e. The number of fused-ring (bicyclic) bond motifs is 2. The van der Waals surface area contributed by atoms with Gasteiger partial charge in [0, 0.05) is 23.9 Å². The van der Waals surface area contributed by atoms with Gasteiger partial charge in [-0.1, -0.05) is 126 Å². The number of hydrogen-bond acceptors (Lipinski definition) is 14. The molecule has 0 saturated carbocycles. The maximum atomic E-state index is 13.7. The summed E-state index contributed by atoms with van der Waals surface area (Å²) in [5.41, 5.74) is 19.5. The Morgan fingerprint density at radius 2 is 0.961 bits per heavy atom. The molecule has 4 saturated heterocycles. The number of pyridine rings is 2. The molecule has 2 amide bonds. The third-order valence-corrected chi connectivity index (χ3v) is 19.6. The molecule has 4 atom stereocenters. The predicted molar refractivity (Wildman–Crippen MR) is 282 cm³/mol. The van der Waals surface area contributed by atoms with E-state index in [2.05, 4.69) is 20.0 Å². The molecule has 0 unspecified atom stereocenters. The molecule has 0 radical (unpaired) electrons. The minimum atomic E-state index is -4.01. The van der Waals surface area contributed by atoms with Gasteiger partial charge in [0.05, 0.1) is 29.1 Å². The molecule has 0 bridgehead atoms. The molecule has 4 aliphatic rings. The van der Waals surface area contributed by atoms with Crippen LogP contribution in [0, 0.1) is 0 Å². The van der Waals surface area contributed by atoms with Crippen LogP contribution < -0.4 is 5.73 Å². The van der Waals surface area contributed by atoms with Gasteiger partial charge in [0.25, 0.3) is 11.8 Å². The standard InChI is InChI=1S/C28H25N5O5S.C28H27N3O5S/c1-28(2)24(27(35)38-23(19-9-5-3-6-10-19)20-11-7-4-8-12-20)33-25(34)22(26(33)39(28,36)37)16-21-15-18(13-14-30-21)17-31-32-29;1-28(2)24(27(33)36-23(19-9-5-3-6-10-19)20-11-7-4-8-12-20)31-25(32)22(26(31)37(28,34)35)16-21-15-18(17-29)13-14-30-21/h3-16,23-24,26H,17H2,1-2H3;3-16,23-24,26H,17,29H2,1-2H3/b2*22-16-/t2*24-,26+/m00/s1. The summed E-state index contributed by atoms with van der Waals surface area (Å²) in [6.45, 7) is 6.18. The first-order valence-corrected chi connectivity index (χ1v) is 27.2. The van der Waals surface area contributed by atoms with Gasteiger partial charge in [-0.3, -0.25) is 19.6 Å². The number of carbonyl (C=O) groups is 4. The van der Waals surface area contributed by atoms with Gasteiger partial charge >= 0.3 is 11.9 Å². The Kier molecular flexibility index (Phi) is 14.4. The van der Waals surface area contributed by atoms with E-state index in [1.807, 2.05) is 121 Å². The van der Waals surface area contributed by atoms with Crippen molar-refractivity contribution in [3.8, 4) is 0 Å². The fraction of sp³-hybridized carbons (Fsp3) is 0.250. The lowest BCUT2D eigenvalue weighted by Gasteiger charge is -2.38. The van der Waals surface area contributed by atoms with E-state index in [4.69, 9.17) is 20.7 Å². The molecule has 388 valence electrons. The van der Waals surface area contributed by atoms with E-state index in [0.717, 1.165) is 37.6 Å². The Labute approximate surface area is 439 Å². The van der Waals surface area contributed by atoms with Gasteiger partial charge in [0.2, 0.25) is 0 Å². The zero-order valence-corrected chi connectivity index (χ0v) is 43.3. The monoisotopic (exact) mass is 1060 g/mol. The molecule has 76 heavy (non-hydrogen) atoms.